The van der Waals surface area contributed by atoms with Gasteiger partial charge in [-0.3, -0.25) is 9.59 Å². The fraction of sp³-hybridized carbons (Fsp3) is 0.500. The van der Waals surface area contributed by atoms with Crippen molar-refractivity contribution < 1.29 is 9.59 Å². The highest BCUT2D eigenvalue weighted by Gasteiger charge is 2.37. The molecule has 1 saturated carbocycles. The van der Waals surface area contributed by atoms with Crippen molar-refractivity contribution in [1.29, 1.82) is 0 Å². The van der Waals surface area contributed by atoms with Crippen molar-refractivity contribution in [2.24, 2.45) is 11.8 Å². The van der Waals surface area contributed by atoms with Crippen LogP contribution in [0.5, 0.6) is 0 Å². The molecule has 0 spiro atoms. The maximum atomic E-state index is 12.3. The quantitative estimate of drug-likeness (QED) is 0.929. The minimum Gasteiger partial charge on any atom is -0.353 e. The van der Waals surface area contributed by atoms with Gasteiger partial charge >= 0.3 is 0 Å². The summed E-state index contributed by atoms with van der Waals surface area (Å²) >= 11 is 5.86. The Kier molecular flexibility index (Phi) is 3.89. The Morgan fingerprint density at radius 1 is 1.33 bits per heavy atom. The Labute approximate surface area is 129 Å². The average molecular weight is 307 g/mol. The smallest absolute Gasteiger partial charge is 0.227 e. The number of carbonyl (C=O) groups excluding carboxylic acids is 2. The lowest BCUT2D eigenvalue weighted by atomic mass is 10.1. The molecule has 1 N–H and O–H groups in total. The molecule has 112 valence electrons. The van der Waals surface area contributed by atoms with Crippen LogP contribution >= 0.6 is 11.6 Å². The Hall–Kier alpha value is -1.55. The van der Waals surface area contributed by atoms with Crippen LogP contribution in [0.15, 0.2) is 24.3 Å². The second kappa shape index (κ2) is 5.68. The number of nitrogens with one attached hydrogen (secondary N) is 1. The van der Waals surface area contributed by atoms with Gasteiger partial charge in [-0.2, -0.15) is 0 Å². The molecule has 2 atom stereocenters. The lowest BCUT2D eigenvalue weighted by Crippen LogP contribution is -2.39. The van der Waals surface area contributed by atoms with E-state index in [4.69, 9.17) is 11.6 Å². The van der Waals surface area contributed by atoms with Gasteiger partial charge in [0.05, 0.1) is 5.92 Å². The van der Waals surface area contributed by atoms with Crippen molar-refractivity contribution in [3.05, 3.63) is 29.3 Å². The average Bonchev–Trinajstić information content (AvgIpc) is 3.23. The van der Waals surface area contributed by atoms with Gasteiger partial charge in [-0.1, -0.05) is 11.6 Å². The zero-order valence-electron chi connectivity index (χ0n) is 12.0. The van der Waals surface area contributed by atoms with E-state index in [0.29, 0.717) is 17.5 Å². The molecule has 5 heteroatoms. The van der Waals surface area contributed by atoms with Gasteiger partial charge in [-0.25, -0.2) is 0 Å². The van der Waals surface area contributed by atoms with E-state index in [1.54, 1.807) is 17.0 Å². The first-order valence-electron chi connectivity index (χ1n) is 7.41. The normalized spacial score (nSPS) is 23.2. The van der Waals surface area contributed by atoms with Crippen molar-refractivity contribution in [3.8, 4) is 0 Å². The van der Waals surface area contributed by atoms with Crippen LogP contribution in [-0.2, 0) is 9.59 Å². The summed E-state index contributed by atoms with van der Waals surface area (Å²) in [5.41, 5.74) is 0.801. The highest BCUT2D eigenvalue weighted by Crippen LogP contribution is 2.33. The summed E-state index contributed by atoms with van der Waals surface area (Å²) in [6.07, 6.45) is 2.68. The summed E-state index contributed by atoms with van der Waals surface area (Å²) in [6.45, 7) is 2.49. The van der Waals surface area contributed by atoms with Crippen LogP contribution in [0.2, 0.25) is 5.02 Å². The van der Waals surface area contributed by atoms with Crippen LogP contribution in [0.3, 0.4) is 0 Å². The summed E-state index contributed by atoms with van der Waals surface area (Å²) in [7, 11) is 0. The predicted octanol–water partition coefficient (Wildman–Crippen LogP) is 2.61. The fourth-order valence-corrected chi connectivity index (χ4v) is 2.94. The molecule has 0 aromatic heterocycles. The highest BCUT2D eigenvalue weighted by atomic mass is 35.5. The van der Waals surface area contributed by atoms with Crippen LogP contribution in [0, 0.1) is 11.8 Å². The second-order valence-electron chi connectivity index (χ2n) is 6.02. The van der Waals surface area contributed by atoms with E-state index in [0.717, 1.165) is 5.69 Å². The van der Waals surface area contributed by atoms with E-state index < -0.39 is 0 Å². The zero-order chi connectivity index (χ0) is 15.0. The van der Waals surface area contributed by atoms with Gasteiger partial charge in [-0.15, -0.1) is 0 Å². The van der Waals surface area contributed by atoms with Crippen LogP contribution < -0.4 is 10.2 Å². The largest absolute Gasteiger partial charge is 0.353 e. The van der Waals surface area contributed by atoms with Gasteiger partial charge in [0.25, 0.3) is 0 Å². The molecule has 2 amide bonds. The molecule has 3 rings (SSSR count). The molecule has 1 aliphatic heterocycles. The molecule has 1 heterocycles. The first-order chi connectivity index (χ1) is 10.0. The Bertz CT molecular complexity index is 554. The van der Waals surface area contributed by atoms with Crippen molar-refractivity contribution >= 4 is 29.1 Å². The van der Waals surface area contributed by atoms with E-state index in [-0.39, 0.29) is 30.2 Å². The molecule has 1 aliphatic carbocycles. The summed E-state index contributed by atoms with van der Waals surface area (Å²) in [4.78, 5) is 26.0. The molecule has 0 bridgehead atoms. The van der Waals surface area contributed by atoms with Crippen LogP contribution in [0.4, 0.5) is 5.69 Å². The number of carbonyl (C=O) groups is 2. The van der Waals surface area contributed by atoms with Crippen molar-refractivity contribution in [1.82, 2.24) is 5.32 Å². The molecular formula is C16H19ClN2O2. The Morgan fingerprint density at radius 3 is 2.62 bits per heavy atom. The third kappa shape index (κ3) is 3.21. The van der Waals surface area contributed by atoms with E-state index in [9.17, 15) is 9.59 Å². The highest BCUT2D eigenvalue weighted by molar-refractivity contribution is 6.30. The van der Waals surface area contributed by atoms with Gasteiger partial charge in [0.2, 0.25) is 11.8 Å². The minimum absolute atomic E-state index is 0.000728. The van der Waals surface area contributed by atoms with E-state index >= 15 is 0 Å². The van der Waals surface area contributed by atoms with E-state index in [1.807, 2.05) is 19.1 Å². The van der Waals surface area contributed by atoms with Crippen LogP contribution in [0.1, 0.15) is 26.2 Å². The van der Waals surface area contributed by atoms with Crippen LogP contribution in [0.25, 0.3) is 0 Å². The molecular weight excluding hydrogens is 288 g/mol. The number of rotatable bonds is 4. The van der Waals surface area contributed by atoms with Crippen LogP contribution in [-0.4, -0.2) is 24.4 Å². The molecule has 1 saturated heterocycles. The van der Waals surface area contributed by atoms with Gasteiger partial charge < -0.3 is 10.2 Å². The zero-order valence-corrected chi connectivity index (χ0v) is 12.8. The molecule has 2 fully saturated rings. The van der Waals surface area contributed by atoms with E-state index in [2.05, 4.69) is 5.32 Å². The van der Waals surface area contributed by atoms with Gasteiger partial charge in [-0.05, 0) is 49.9 Å². The third-order valence-corrected chi connectivity index (χ3v) is 4.59. The SMILES string of the molecule is C[C@H](NC(=O)[C@H]1CC(=O)N(c2ccc(Cl)cc2)C1)C1CC1. The summed E-state index contributed by atoms with van der Waals surface area (Å²) < 4.78 is 0. The standard InChI is InChI=1S/C16H19ClN2O2/c1-10(11-2-3-11)18-16(21)12-8-15(20)19(9-12)14-6-4-13(17)5-7-14/h4-7,10-12H,2-3,8-9H2,1H3,(H,18,21)/t10-,12-/m0/s1. The van der Waals surface area contributed by atoms with Crippen molar-refractivity contribution in [2.45, 2.75) is 32.2 Å². The molecule has 1 aromatic rings. The number of halogens is 1. The lowest BCUT2D eigenvalue weighted by Gasteiger charge is -2.18. The molecule has 0 unspecified atom stereocenters. The number of amides is 2. The number of hydrogen-bond acceptors (Lipinski definition) is 2. The van der Waals surface area contributed by atoms with Gasteiger partial charge in [0.1, 0.15) is 0 Å². The summed E-state index contributed by atoms with van der Waals surface area (Å²) in [6, 6.07) is 7.36. The first-order valence-corrected chi connectivity index (χ1v) is 7.78. The predicted molar refractivity (Wildman–Crippen MR) is 82.2 cm³/mol. The minimum atomic E-state index is -0.255. The topological polar surface area (TPSA) is 49.4 Å². The third-order valence-electron chi connectivity index (χ3n) is 4.33. The number of anilines is 1. The lowest BCUT2D eigenvalue weighted by molar-refractivity contribution is -0.126. The first kappa shape index (κ1) is 14.4. The molecule has 1 aromatic carbocycles. The van der Waals surface area contributed by atoms with Gasteiger partial charge in [0.15, 0.2) is 0 Å². The molecule has 4 nitrogen and oxygen atoms in total. The summed E-state index contributed by atoms with van der Waals surface area (Å²) in [5, 5.41) is 3.68. The fourth-order valence-electron chi connectivity index (χ4n) is 2.81. The molecule has 21 heavy (non-hydrogen) atoms. The monoisotopic (exact) mass is 306 g/mol. The Balaban J connectivity index is 1.63. The Morgan fingerprint density at radius 2 is 2.00 bits per heavy atom. The van der Waals surface area contributed by atoms with Crippen molar-refractivity contribution in [2.75, 3.05) is 11.4 Å². The summed E-state index contributed by atoms with van der Waals surface area (Å²) in [5.74, 6) is 0.364. The number of nitrogens with zero attached hydrogens (tertiary/aromatic N) is 1. The molecule has 2 aliphatic rings. The second-order valence-corrected chi connectivity index (χ2v) is 6.45. The van der Waals surface area contributed by atoms with Gasteiger partial charge in [0, 0.05) is 29.7 Å². The maximum Gasteiger partial charge on any atom is 0.227 e. The molecule has 0 radical (unpaired) electrons. The number of benzene rings is 1. The van der Waals surface area contributed by atoms with E-state index in [1.165, 1.54) is 12.8 Å². The maximum absolute atomic E-state index is 12.3. The van der Waals surface area contributed by atoms with Crippen molar-refractivity contribution in [3.63, 3.8) is 0 Å². The number of hydrogen-bond donors (Lipinski definition) is 1.